The number of nitrogens with zero attached hydrogens (tertiary/aromatic N) is 2. The average Bonchev–Trinajstić information content (AvgIpc) is 3.23. The van der Waals surface area contributed by atoms with E-state index in [-0.39, 0.29) is 5.91 Å². The van der Waals surface area contributed by atoms with Crippen molar-refractivity contribution in [2.24, 2.45) is 5.92 Å². The Labute approximate surface area is 147 Å². The number of piperidine rings is 1. The lowest BCUT2D eigenvalue weighted by molar-refractivity contribution is 0.0906. The van der Waals surface area contributed by atoms with Gasteiger partial charge in [-0.2, -0.15) is 0 Å². The molecule has 0 atom stereocenters. The van der Waals surface area contributed by atoms with Crippen LogP contribution in [0.3, 0.4) is 0 Å². The minimum atomic E-state index is -0.102. The smallest absolute Gasteiger partial charge is 0.287 e. The highest BCUT2D eigenvalue weighted by Crippen LogP contribution is 2.19. The van der Waals surface area contributed by atoms with Crippen LogP contribution in [0.4, 0.5) is 0 Å². The Morgan fingerprint density at radius 2 is 2.21 bits per heavy atom. The summed E-state index contributed by atoms with van der Waals surface area (Å²) in [6.07, 6.45) is 3.04. The van der Waals surface area contributed by atoms with Gasteiger partial charge in [0, 0.05) is 24.9 Å². The number of hydrogen-bond donors (Lipinski definition) is 1. The summed E-state index contributed by atoms with van der Waals surface area (Å²) in [4.78, 5) is 19.1. The van der Waals surface area contributed by atoms with Gasteiger partial charge >= 0.3 is 0 Å². The van der Waals surface area contributed by atoms with Crippen molar-refractivity contribution in [2.75, 3.05) is 19.6 Å². The largest absolute Gasteiger partial charge is 0.456 e. The van der Waals surface area contributed by atoms with Crippen LogP contribution < -0.4 is 5.32 Å². The zero-order chi connectivity index (χ0) is 16.9. The predicted molar refractivity (Wildman–Crippen MR) is 95.3 cm³/mol. The number of carbonyl (C=O) groups is 1. The number of carbonyl (C=O) groups excluding carboxylic acids is 1. The average molecular weight is 347 g/mol. The van der Waals surface area contributed by atoms with Crippen LogP contribution in [0, 0.1) is 12.8 Å². The maximum Gasteiger partial charge on any atom is 0.287 e. The molecule has 2 aromatic heterocycles. The van der Waals surface area contributed by atoms with Crippen LogP contribution in [-0.4, -0.2) is 35.4 Å². The van der Waals surface area contributed by atoms with Crippen molar-refractivity contribution in [1.82, 2.24) is 15.2 Å². The van der Waals surface area contributed by atoms with Gasteiger partial charge in [0.15, 0.2) is 5.76 Å². The highest BCUT2D eigenvalue weighted by atomic mass is 32.1. The number of hydrogen-bond acceptors (Lipinski definition) is 5. The molecule has 3 heterocycles. The molecular weight excluding hydrogens is 322 g/mol. The molecule has 0 saturated carbocycles. The van der Waals surface area contributed by atoms with Crippen molar-refractivity contribution in [1.29, 1.82) is 0 Å². The summed E-state index contributed by atoms with van der Waals surface area (Å²) in [6.45, 7) is 7.86. The molecule has 0 radical (unpaired) electrons. The van der Waals surface area contributed by atoms with Gasteiger partial charge in [0.25, 0.3) is 5.91 Å². The van der Waals surface area contributed by atoms with Crippen LogP contribution in [0.1, 0.15) is 46.8 Å². The van der Waals surface area contributed by atoms with E-state index in [1.165, 1.54) is 5.69 Å². The third-order valence-electron chi connectivity index (χ3n) is 4.54. The van der Waals surface area contributed by atoms with Gasteiger partial charge in [0.05, 0.1) is 10.7 Å². The van der Waals surface area contributed by atoms with Gasteiger partial charge in [-0.15, -0.1) is 11.3 Å². The van der Waals surface area contributed by atoms with Crippen LogP contribution in [0.2, 0.25) is 0 Å². The SMILES string of the molecule is CCc1ccc(C(=O)NCC2CCN(Cc3csc(C)n3)CC2)o1. The van der Waals surface area contributed by atoms with Gasteiger partial charge in [-0.3, -0.25) is 9.69 Å². The molecule has 2 aromatic rings. The molecule has 1 amide bonds. The van der Waals surface area contributed by atoms with Crippen molar-refractivity contribution in [3.8, 4) is 0 Å². The molecular formula is C18H25N3O2S. The van der Waals surface area contributed by atoms with E-state index in [1.807, 2.05) is 19.9 Å². The highest BCUT2D eigenvalue weighted by molar-refractivity contribution is 7.09. The minimum absolute atomic E-state index is 0.102. The van der Waals surface area contributed by atoms with Crippen molar-refractivity contribution in [3.63, 3.8) is 0 Å². The maximum atomic E-state index is 12.1. The van der Waals surface area contributed by atoms with Crippen molar-refractivity contribution >= 4 is 17.2 Å². The Kier molecular flexibility index (Phi) is 5.68. The van der Waals surface area contributed by atoms with Crippen LogP contribution >= 0.6 is 11.3 Å². The molecule has 3 rings (SSSR count). The van der Waals surface area contributed by atoms with Crippen LogP contribution in [0.25, 0.3) is 0 Å². The molecule has 1 aliphatic heterocycles. The topological polar surface area (TPSA) is 58.4 Å². The van der Waals surface area contributed by atoms with Gasteiger partial charge in [0.1, 0.15) is 5.76 Å². The number of furan rings is 1. The van der Waals surface area contributed by atoms with Crippen LogP contribution in [0.15, 0.2) is 21.9 Å². The van der Waals surface area contributed by atoms with E-state index < -0.39 is 0 Å². The summed E-state index contributed by atoms with van der Waals surface area (Å²) >= 11 is 1.71. The third-order valence-corrected chi connectivity index (χ3v) is 5.37. The second-order valence-electron chi connectivity index (χ2n) is 6.41. The first kappa shape index (κ1) is 17.2. The fourth-order valence-corrected chi connectivity index (χ4v) is 3.68. The van der Waals surface area contributed by atoms with Gasteiger partial charge in [-0.05, 0) is 50.9 Å². The molecule has 1 aliphatic rings. The Morgan fingerprint density at radius 3 is 2.83 bits per heavy atom. The van der Waals surface area contributed by atoms with Gasteiger partial charge in [-0.1, -0.05) is 6.92 Å². The van der Waals surface area contributed by atoms with E-state index in [0.717, 1.165) is 56.2 Å². The van der Waals surface area contributed by atoms with Crippen molar-refractivity contribution in [3.05, 3.63) is 39.7 Å². The number of aryl methyl sites for hydroxylation is 2. The van der Waals surface area contributed by atoms with Crippen LogP contribution in [-0.2, 0) is 13.0 Å². The highest BCUT2D eigenvalue weighted by Gasteiger charge is 2.21. The summed E-state index contributed by atoms with van der Waals surface area (Å²) < 4.78 is 5.49. The third kappa shape index (κ3) is 4.45. The number of thiazole rings is 1. The molecule has 0 aromatic carbocycles. The predicted octanol–water partition coefficient (Wildman–Crippen LogP) is 3.25. The first-order valence-corrected chi connectivity index (χ1v) is 9.52. The number of amides is 1. The molecule has 0 unspecified atom stereocenters. The second kappa shape index (κ2) is 7.94. The maximum absolute atomic E-state index is 12.1. The molecule has 0 aliphatic carbocycles. The molecule has 6 heteroatoms. The first-order chi connectivity index (χ1) is 11.6. The summed E-state index contributed by atoms with van der Waals surface area (Å²) in [5, 5.41) is 6.29. The molecule has 1 saturated heterocycles. The number of likely N-dealkylation sites (tertiary alicyclic amines) is 1. The van der Waals surface area contributed by atoms with Gasteiger partial charge < -0.3 is 9.73 Å². The van der Waals surface area contributed by atoms with E-state index in [4.69, 9.17) is 4.42 Å². The van der Waals surface area contributed by atoms with Gasteiger partial charge in [-0.25, -0.2) is 4.98 Å². The van der Waals surface area contributed by atoms with E-state index in [2.05, 4.69) is 20.6 Å². The fourth-order valence-electron chi connectivity index (χ4n) is 3.07. The lowest BCUT2D eigenvalue weighted by Gasteiger charge is -2.31. The summed E-state index contributed by atoms with van der Waals surface area (Å²) in [7, 11) is 0. The molecule has 1 N–H and O–H groups in total. The number of nitrogens with one attached hydrogen (secondary N) is 1. The monoisotopic (exact) mass is 347 g/mol. The second-order valence-corrected chi connectivity index (χ2v) is 7.47. The van der Waals surface area contributed by atoms with Crippen molar-refractivity contribution in [2.45, 2.75) is 39.7 Å². The van der Waals surface area contributed by atoms with Crippen molar-refractivity contribution < 1.29 is 9.21 Å². The van der Waals surface area contributed by atoms with Gasteiger partial charge in [0.2, 0.25) is 0 Å². The standard InChI is InChI=1S/C18H25N3O2S/c1-3-16-4-5-17(23-16)18(22)19-10-14-6-8-21(9-7-14)11-15-12-24-13(2)20-15/h4-5,12,14H,3,6-11H2,1-2H3,(H,19,22). The lowest BCUT2D eigenvalue weighted by Crippen LogP contribution is -2.38. The molecule has 130 valence electrons. The Morgan fingerprint density at radius 1 is 1.42 bits per heavy atom. The summed E-state index contributed by atoms with van der Waals surface area (Å²) in [5.41, 5.74) is 1.17. The zero-order valence-electron chi connectivity index (χ0n) is 14.4. The fraction of sp³-hybridized carbons (Fsp3) is 0.556. The Hall–Kier alpha value is -1.66. The normalized spacial score (nSPS) is 16.4. The summed E-state index contributed by atoms with van der Waals surface area (Å²) in [5.74, 6) is 1.71. The lowest BCUT2D eigenvalue weighted by atomic mass is 9.96. The van der Waals surface area contributed by atoms with E-state index in [1.54, 1.807) is 17.4 Å². The molecule has 24 heavy (non-hydrogen) atoms. The quantitative estimate of drug-likeness (QED) is 0.871. The van der Waals surface area contributed by atoms with Crippen LogP contribution in [0.5, 0.6) is 0 Å². The molecule has 0 spiro atoms. The Bertz CT molecular complexity index is 671. The summed E-state index contributed by atoms with van der Waals surface area (Å²) in [6, 6.07) is 3.63. The molecule has 1 fully saturated rings. The number of rotatable bonds is 6. The zero-order valence-corrected chi connectivity index (χ0v) is 15.2. The minimum Gasteiger partial charge on any atom is -0.456 e. The number of aromatic nitrogens is 1. The van der Waals surface area contributed by atoms with E-state index in [9.17, 15) is 4.79 Å². The molecule has 0 bridgehead atoms. The first-order valence-electron chi connectivity index (χ1n) is 8.64. The van der Waals surface area contributed by atoms with E-state index in [0.29, 0.717) is 11.7 Å². The molecule has 5 nitrogen and oxygen atoms in total. The van der Waals surface area contributed by atoms with E-state index >= 15 is 0 Å². The Balaban J connectivity index is 1.39.